The van der Waals surface area contributed by atoms with E-state index in [2.05, 4.69) is 182 Å². The molecule has 0 saturated heterocycles. The van der Waals surface area contributed by atoms with Gasteiger partial charge in [0.2, 0.25) is 0 Å². The van der Waals surface area contributed by atoms with E-state index in [0.29, 0.717) is 0 Å². The van der Waals surface area contributed by atoms with Crippen molar-refractivity contribution >= 4 is 70.4 Å². The molecule has 0 bridgehead atoms. The fourth-order valence-electron chi connectivity index (χ4n) is 8.32. The van der Waals surface area contributed by atoms with Crippen molar-refractivity contribution in [3.63, 3.8) is 0 Å². The summed E-state index contributed by atoms with van der Waals surface area (Å²) in [4.78, 5) is 3.90. The SMILES string of the molecule is CC1(c2cccc3c4c(sc23)C=CCC4)C=C(N(c2cccc(-c3ccccc3)c2)c2cccc(-c3cccc4c3sc3ccccc34)c2)C=CC1. The van der Waals surface area contributed by atoms with Gasteiger partial charge in [0.15, 0.2) is 0 Å². The number of allylic oxidation sites excluding steroid dienone is 4. The maximum absolute atomic E-state index is 2.53. The third-order valence-electron chi connectivity index (χ3n) is 10.9. The zero-order valence-corrected chi connectivity index (χ0v) is 30.7. The first-order valence-electron chi connectivity index (χ1n) is 18.2. The number of fused-ring (bicyclic) bond motifs is 6. The topological polar surface area (TPSA) is 3.24 Å². The minimum absolute atomic E-state index is 0.170. The molecule has 0 saturated carbocycles. The van der Waals surface area contributed by atoms with Crippen molar-refractivity contribution in [2.24, 2.45) is 0 Å². The first-order chi connectivity index (χ1) is 25.6. The summed E-state index contributed by atoms with van der Waals surface area (Å²) in [6, 6.07) is 51.4. The van der Waals surface area contributed by atoms with E-state index in [1.54, 1.807) is 0 Å². The van der Waals surface area contributed by atoms with Crippen molar-refractivity contribution in [3.05, 3.63) is 186 Å². The summed E-state index contributed by atoms with van der Waals surface area (Å²) in [5.41, 5.74) is 11.2. The van der Waals surface area contributed by atoms with E-state index >= 15 is 0 Å². The number of thiophene rings is 2. The van der Waals surface area contributed by atoms with E-state index in [4.69, 9.17) is 0 Å². The van der Waals surface area contributed by atoms with Crippen LogP contribution in [-0.4, -0.2) is 0 Å². The Hall–Kier alpha value is -5.48. The first-order valence-corrected chi connectivity index (χ1v) is 19.8. The third-order valence-corrected chi connectivity index (χ3v) is 13.3. The smallest absolute Gasteiger partial charge is 0.0467 e. The fraction of sp³-hybridized carbons (Fsp3) is 0.102. The number of nitrogens with zero attached hydrogens (tertiary/aromatic N) is 1. The average molecular weight is 704 g/mol. The molecule has 2 aromatic heterocycles. The van der Waals surface area contributed by atoms with Crippen molar-refractivity contribution in [2.45, 2.75) is 31.6 Å². The Kier molecular flexibility index (Phi) is 7.60. The molecule has 0 amide bonds. The molecule has 0 N–H and O–H groups in total. The van der Waals surface area contributed by atoms with Crippen LogP contribution < -0.4 is 4.90 Å². The van der Waals surface area contributed by atoms with Crippen molar-refractivity contribution in [2.75, 3.05) is 4.90 Å². The Morgan fingerprint density at radius 1 is 0.577 bits per heavy atom. The average Bonchev–Trinajstić information content (AvgIpc) is 3.77. The molecule has 2 aliphatic rings. The van der Waals surface area contributed by atoms with Crippen LogP contribution in [0.3, 0.4) is 0 Å². The van der Waals surface area contributed by atoms with Gasteiger partial charge < -0.3 is 4.90 Å². The zero-order chi connectivity index (χ0) is 34.6. The van der Waals surface area contributed by atoms with Crippen molar-refractivity contribution in [1.82, 2.24) is 0 Å². The van der Waals surface area contributed by atoms with Gasteiger partial charge in [-0.05, 0) is 107 Å². The molecule has 1 unspecified atom stereocenters. The molecule has 10 rings (SSSR count). The molecule has 52 heavy (non-hydrogen) atoms. The molecule has 0 fully saturated rings. The van der Waals surface area contributed by atoms with Gasteiger partial charge in [0.25, 0.3) is 0 Å². The van der Waals surface area contributed by atoms with Gasteiger partial charge in [-0.3, -0.25) is 0 Å². The highest BCUT2D eigenvalue weighted by atomic mass is 32.1. The summed E-state index contributed by atoms with van der Waals surface area (Å²) in [7, 11) is 0. The number of aryl methyl sites for hydroxylation is 1. The standard InChI is InChI=1S/C49H37NS2/c1-49(44-26-12-25-43-41-22-6-8-28-46(41)52-48(43)44)29-13-20-38(32-49)50(36-18-9-16-34(30-36)33-14-3-2-4-15-33)37-19-10-17-35(31-37)39-23-11-24-42-40-21-5-7-27-45(40)51-47(39)42/h2-5,7-21,23-28,30-32H,6,22,29H2,1H3. The molecular weight excluding hydrogens is 667 g/mol. The molecule has 250 valence electrons. The van der Waals surface area contributed by atoms with Crippen LogP contribution in [0.4, 0.5) is 11.4 Å². The largest absolute Gasteiger partial charge is 0.311 e. The lowest BCUT2D eigenvalue weighted by Crippen LogP contribution is -2.26. The molecule has 6 aromatic carbocycles. The van der Waals surface area contributed by atoms with Gasteiger partial charge in [-0.1, -0.05) is 128 Å². The minimum atomic E-state index is -0.170. The van der Waals surface area contributed by atoms with E-state index in [1.165, 1.54) is 74.2 Å². The third kappa shape index (κ3) is 5.27. The number of benzene rings is 6. The monoisotopic (exact) mass is 703 g/mol. The molecule has 2 heterocycles. The highest BCUT2D eigenvalue weighted by Gasteiger charge is 2.31. The van der Waals surface area contributed by atoms with Gasteiger partial charge in [-0.25, -0.2) is 0 Å². The Balaban J connectivity index is 1.14. The van der Waals surface area contributed by atoms with Crippen LogP contribution in [0.1, 0.15) is 35.8 Å². The van der Waals surface area contributed by atoms with Gasteiger partial charge in [-0.15, -0.1) is 22.7 Å². The van der Waals surface area contributed by atoms with E-state index in [9.17, 15) is 0 Å². The number of hydrogen-bond donors (Lipinski definition) is 0. The maximum atomic E-state index is 2.53. The normalized spacial score (nSPS) is 16.8. The van der Waals surface area contributed by atoms with Crippen LogP contribution in [0.2, 0.25) is 0 Å². The summed E-state index contributed by atoms with van der Waals surface area (Å²) in [5.74, 6) is 0. The fourth-order valence-corrected chi connectivity index (χ4v) is 11.0. The molecule has 8 aromatic rings. The Labute approximate surface area is 313 Å². The van der Waals surface area contributed by atoms with Crippen LogP contribution in [0.25, 0.3) is 58.6 Å². The van der Waals surface area contributed by atoms with Gasteiger partial charge >= 0.3 is 0 Å². The summed E-state index contributed by atoms with van der Waals surface area (Å²) >= 11 is 3.86. The van der Waals surface area contributed by atoms with Gasteiger partial charge in [0, 0.05) is 52.2 Å². The van der Waals surface area contributed by atoms with Crippen LogP contribution in [-0.2, 0) is 11.8 Å². The quantitative estimate of drug-likeness (QED) is 0.167. The van der Waals surface area contributed by atoms with E-state index in [-0.39, 0.29) is 5.41 Å². The van der Waals surface area contributed by atoms with Crippen molar-refractivity contribution in [1.29, 1.82) is 0 Å². The maximum Gasteiger partial charge on any atom is 0.0467 e. The molecule has 0 spiro atoms. The molecule has 0 radical (unpaired) electrons. The van der Waals surface area contributed by atoms with Crippen molar-refractivity contribution in [3.8, 4) is 22.3 Å². The molecular formula is C49H37NS2. The van der Waals surface area contributed by atoms with Crippen LogP contribution in [0.15, 0.2) is 170 Å². The summed E-state index contributed by atoms with van der Waals surface area (Å²) in [6.45, 7) is 2.43. The summed E-state index contributed by atoms with van der Waals surface area (Å²) in [6.07, 6.45) is 15.1. The highest BCUT2D eigenvalue weighted by molar-refractivity contribution is 7.26. The Bertz CT molecular complexity index is 2740. The second-order valence-corrected chi connectivity index (χ2v) is 16.3. The summed E-state index contributed by atoms with van der Waals surface area (Å²) in [5, 5.41) is 4.09. The lowest BCUT2D eigenvalue weighted by Gasteiger charge is -2.35. The molecule has 2 aliphatic carbocycles. The van der Waals surface area contributed by atoms with Crippen LogP contribution >= 0.6 is 22.7 Å². The zero-order valence-electron chi connectivity index (χ0n) is 29.1. The molecule has 1 atom stereocenters. The molecule has 0 aliphatic heterocycles. The second-order valence-electron chi connectivity index (χ2n) is 14.2. The predicted octanol–water partition coefficient (Wildman–Crippen LogP) is 14.5. The van der Waals surface area contributed by atoms with Crippen molar-refractivity contribution < 1.29 is 0 Å². The molecule has 1 nitrogen and oxygen atoms in total. The highest BCUT2D eigenvalue weighted by Crippen LogP contribution is 2.47. The molecule has 3 heteroatoms. The van der Waals surface area contributed by atoms with Gasteiger partial charge in [0.1, 0.15) is 0 Å². The Morgan fingerprint density at radius 2 is 1.29 bits per heavy atom. The lowest BCUT2D eigenvalue weighted by atomic mass is 9.76. The first kappa shape index (κ1) is 31.3. The van der Waals surface area contributed by atoms with Crippen LogP contribution in [0, 0.1) is 0 Å². The van der Waals surface area contributed by atoms with E-state index in [0.717, 1.165) is 30.6 Å². The van der Waals surface area contributed by atoms with Gasteiger partial charge in [0.05, 0.1) is 0 Å². The second kappa shape index (κ2) is 12.6. The van der Waals surface area contributed by atoms with E-state index < -0.39 is 0 Å². The van der Waals surface area contributed by atoms with Crippen LogP contribution in [0.5, 0.6) is 0 Å². The lowest BCUT2D eigenvalue weighted by molar-refractivity contribution is 0.599. The van der Waals surface area contributed by atoms with Gasteiger partial charge in [-0.2, -0.15) is 0 Å². The predicted molar refractivity (Wildman–Crippen MR) is 227 cm³/mol. The Morgan fingerprint density at radius 3 is 2.17 bits per heavy atom. The summed E-state index contributed by atoms with van der Waals surface area (Å²) < 4.78 is 4.10. The van der Waals surface area contributed by atoms with E-state index in [1.807, 2.05) is 22.7 Å². The number of rotatable bonds is 6. The minimum Gasteiger partial charge on any atom is -0.311 e. The number of anilines is 2. The number of hydrogen-bond acceptors (Lipinski definition) is 3.